The Morgan fingerprint density at radius 2 is 0.730 bits per heavy atom. The fraction of sp³-hybridized carbons (Fsp3) is 0.103. The number of benzene rings is 13. The third-order valence-corrected chi connectivity index (χ3v) is 19.2. The fourth-order valence-corrected chi connectivity index (χ4v) is 14.8. The largest absolute Gasteiger partial charge is 0.310 e. The SMILES string of the molecule is CC(C)(C)c1ccc2c(c1)C1(c3ccccc3-c3ccc(-c4ccc(N(c5cccc(-c6ccc7c(c6)c6ccccc6n7-c6ccccc6)c5)c5ccccc5-c5ccccc5-c5ccccc5-c5ccccc5)cc4)cc31)c1cc(C(C)(C)C)ccc1-2. The zero-order chi connectivity index (χ0) is 60.2. The van der Waals surface area contributed by atoms with Crippen LogP contribution in [0.2, 0.25) is 0 Å². The second-order valence-corrected chi connectivity index (χ2v) is 26.4. The Labute approximate surface area is 523 Å². The number of nitrogens with zero attached hydrogens (tertiary/aromatic N) is 2. The molecule has 2 aliphatic carbocycles. The molecular weight excluding hydrogens is 1070 g/mol. The molecule has 0 unspecified atom stereocenters. The summed E-state index contributed by atoms with van der Waals surface area (Å²) in [6.45, 7) is 14.0. The monoisotopic (exact) mass is 1140 g/mol. The second kappa shape index (κ2) is 20.8. The van der Waals surface area contributed by atoms with Gasteiger partial charge >= 0.3 is 0 Å². The van der Waals surface area contributed by atoms with E-state index in [1.54, 1.807) is 0 Å². The Kier molecular flexibility index (Phi) is 12.6. The van der Waals surface area contributed by atoms with Crippen molar-refractivity contribution in [2.75, 3.05) is 4.90 Å². The molecule has 0 atom stereocenters. The third-order valence-electron chi connectivity index (χ3n) is 19.2. The maximum absolute atomic E-state index is 2.55. The number of fused-ring (bicyclic) bond motifs is 13. The van der Waals surface area contributed by atoms with Crippen LogP contribution in [0.4, 0.5) is 17.1 Å². The van der Waals surface area contributed by atoms with E-state index in [2.05, 4.69) is 354 Å². The van der Waals surface area contributed by atoms with E-state index in [1.807, 2.05) is 0 Å². The maximum Gasteiger partial charge on any atom is 0.0725 e. The molecule has 16 rings (SSSR count). The number of anilines is 3. The predicted molar refractivity (Wildman–Crippen MR) is 376 cm³/mol. The van der Waals surface area contributed by atoms with Crippen LogP contribution in [0.5, 0.6) is 0 Å². The summed E-state index contributed by atoms with van der Waals surface area (Å²) in [4.78, 5) is 2.47. The Morgan fingerprint density at radius 1 is 0.270 bits per heavy atom. The molecule has 0 N–H and O–H groups in total. The van der Waals surface area contributed by atoms with Crippen molar-refractivity contribution in [2.24, 2.45) is 0 Å². The van der Waals surface area contributed by atoms with Crippen molar-refractivity contribution in [3.05, 3.63) is 337 Å². The Balaban J connectivity index is 0.864. The lowest BCUT2D eigenvalue weighted by molar-refractivity contribution is 0.586. The molecule has 1 heterocycles. The van der Waals surface area contributed by atoms with Gasteiger partial charge in [0.25, 0.3) is 0 Å². The minimum Gasteiger partial charge on any atom is -0.310 e. The van der Waals surface area contributed by atoms with Gasteiger partial charge in [-0.05, 0) is 183 Å². The highest BCUT2D eigenvalue weighted by Crippen LogP contribution is 2.64. The molecular formula is C87H68N2. The highest BCUT2D eigenvalue weighted by atomic mass is 15.1. The van der Waals surface area contributed by atoms with E-state index in [-0.39, 0.29) is 10.8 Å². The molecule has 0 radical (unpaired) electrons. The minimum absolute atomic E-state index is 0.0290. The van der Waals surface area contributed by atoms with E-state index in [9.17, 15) is 0 Å². The molecule has 2 heteroatoms. The fourth-order valence-electron chi connectivity index (χ4n) is 14.8. The van der Waals surface area contributed by atoms with Crippen LogP contribution in [0, 0.1) is 0 Å². The zero-order valence-electron chi connectivity index (χ0n) is 51.3. The van der Waals surface area contributed by atoms with Crippen LogP contribution in [0.1, 0.15) is 74.9 Å². The third kappa shape index (κ3) is 8.75. The maximum atomic E-state index is 2.55. The van der Waals surface area contributed by atoms with Gasteiger partial charge in [0, 0.05) is 33.4 Å². The van der Waals surface area contributed by atoms with Gasteiger partial charge in [0.15, 0.2) is 0 Å². The molecule has 1 aromatic heterocycles. The molecule has 0 aliphatic heterocycles. The Bertz CT molecular complexity index is 5020. The van der Waals surface area contributed by atoms with Crippen LogP contribution in [0.15, 0.2) is 303 Å². The van der Waals surface area contributed by atoms with E-state index in [0.29, 0.717) is 0 Å². The summed E-state index contributed by atoms with van der Waals surface area (Å²) in [5, 5.41) is 2.46. The number of rotatable bonds is 9. The lowest BCUT2D eigenvalue weighted by Crippen LogP contribution is -2.27. The van der Waals surface area contributed by atoms with Gasteiger partial charge in [-0.2, -0.15) is 0 Å². The van der Waals surface area contributed by atoms with Gasteiger partial charge in [0.05, 0.1) is 22.1 Å². The van der Waals surface area contributed by atoms with Crippen molar-refractivity contribution < 1.29 is 0 Å². The average Bonchev–Trinajstić information content (AvgIpc) is 1.54. The lowest BCUT2D eigenvalue weighted by atomic mass is 9.68. The Morgan fingerprint density at radius 3 is 1.40 bits per heavy atom. The van der Waals surface area contributed by atoms with Crippen LogP contribution >= 0.6 is 0 Å². The molecule has 2 nitrogen and oxygen atoms in total. The van der Waals surface area contributed by atoms with Crippen LogP contribution in [-0.4, -0.2) is 4.57 Å². The predicted octanol–water partition coefficient (Wildman–Crippen LogP) is 23.5. The average molecular weight is 1140 g/mol. The second-order valence-electron chi connectivity index (χ2n) is 26.4. The van der Waals surface area contributed by atoms with Crippen molar-refractivity contribution in [1.82, 2.24) is 4.57 Å². The quantitative estimate of drug-likeness (QED) is 0.140. The molecule has 0 fully saturated rings. The van der Waals surface area contributed by atoms with Gasteiger partial charge < -0.3 is 9.47 Å². The molecule has 0 bridgehead atoms. The Hall–Kier alpha value is -10.5. The van der Waals surface area contributed by atoms with Crippen LogP contribution in [0.3, 0.4) is 0 Å². The van der Waals surface area contributed by atoms with Crippen LogP contribution < -0.4 is 4.90 Å². The van der Waals surface area contributed by atoms with E-state index < -0.39 is 5.41 Å². The van der Waals surface area contributed by atoms with Crippen LogP contribution in [0.25, 0.3) is 105 Å². The summed E-state index contributed by atoms with van der Waals surface area (Å²) < 4.78 is 2.39. The van der Waals surface area contributed by atoms with Gasteiger partial charge in [-0.3, -0.25) is 0 Å². The van der Waals surface area contributed by atoms with Gasteiger partial charge in [0.2, 0.25) is 0 Å². The van der Waals surface area contributed by atoms with Crippen molar-refractivity contribution >= 4 is 38.9 Å². The summed E-state index contributed by atoms with van der Waals surface area (Å²) in [5.41, 5.74) is 31.4. The van der Waals surface area contributed by atoms with Crippen LogP contribution in [-0.2, 0) is 16.2 Å². The van der Waals surface area contributed by atoms with Crippen molar-refractivity contribution in [1.29, 1.82) is 0 Å². The number of hydrogen-bond acceptors (Lipinski definition) is 1. The first-order valence-corrected chi connectivity index (χ1v) is 31.4. The molecule has 0 amide bonds. The van der Waals surface area contributed by atoms with Gasteiger partial charge in [0.1, 0.15) is 0 Å². The minimum atomic E-state index is -0.498. The van der Waals surface area contributed by atoms with E-state index in [0.717, 1.165) is 45.0 Å². The van der Waals surface area contributed by atoms with Gasteiger partial charge in [-0.1, -0.05) is 278 Å². The highest BCUT2D eigenvalue weighted by Gasteiger charge is 2.52. The van der Waals surface area contributed by atoms with Gasteiger partial charge in [-0.15, -0.1) is 0 Å². The molecule has 89 heavy (non-hydrogen) atoms. The lowest BCUT2D eigenvalue weighted by Gasteiger charge is -2.33. The summed E-state index contributed by atoms with van der Waals surface area (Å²) in [6.07, 6.45) is 0. The first kappa shape index (κ1) is 53.9. The molecule has 13 aromatic carbocycles. The first-order valence-electron chi connectivity index (χ1n) is 31.4. The molecule has 1 spiro atoms. The standard InChI is InChI=1S/C87H68N2/c1-85(2,3)62-44-49-73-74-50-45-63(86(4,5)6)56-81(74)87(80(73)55-62)78-37-20-17-34-71(78)72-48-42-61(54-79(72)87)57-40-46-65(47-41-57)88(82-38-21-18-35-75(82)70-33-16-15-32-69(70)68-31-14-13-30-67(68)58-24-9-7-10-25-58)66-29-23-26-59(52-66)60-43-51-84-77(53-60)76-36-19-22-39-83(76)89(84)64-27-11-8-12-28-64/h7-56H,1-6H3. The summed E-state index contributed by atoms with van der Waals surface area (Å²) in [6, 6.07) is 114. The summed E-state index contributed by atoms with van der Waals surface area (Å²) in [5.74, 6) is 0. The smallest absolute Gasteiger partial charge is 0.0725 e. The molecule has 14 aromatic rings. The topological polar surface area (TPSA) is 8.17 Å². The van der Waals surface area contributed by atoms with Crippen molar-refractivity contribution in [3.63, 3.8) is 0 Å². The van der Waals surface area contributed by atoms with Crippen molar-refractivity contribution in [3.8, 4) is 83.6 Å². The molecule has 0 saturated heterocycles. The van der Waals surface area contributed by atoms with E-state index in [4.69, 9.17) is 0 Å². The zero-order valence-corrected chi connectivity index (χ0v) is 51.3. The summed E-state index contributed by atoms with van der Waals surface area (Å²) in [7, 11) is 0. The first-order chi connectivity index (χ1) is 43.4. The van der Waals surface area contributed by atoms with Gasteiger partial charge in [-0.25, -0.2) is 0 Å². The normalized spacial score (nSPS) is 12.9. The van der Waals surface area contributed by atoms with E-state index >= 15 is 0 Å². The van der Waals surface area contributed by atoms with E-state index in [1.165, 1.54) is 111 Å². The highest BCUT2D eigenvalue weighted by molar-refractivity contribution is 6.11. The molecule has 426 valence electrons. The number of hydrogen-bond donors (Lipinski definition) is 0. The molecule has 2 aliphatic rings. The number of aromatic nitrogens is 1. The number of para-hydroxylation sites is 3. The van der Waals surface area contributed by atoms with Crippen molar-refractivity contribution in [2.45, 2.75) is 57.8 Å². The molecule has 0 saturated carbocycles. The summed E-state index contributed by atoms with van der Waals surface area (Å²) >= 11 is 0.